The number of nitrogens with zero attached hydrogens (tertiary/aromatic N) is 2. The second-order valence-electron chi connectivity index (χ2n) is 8.21. The Balaban J connectivity index is 1.37. The maximum absolute atomic E-state index is 13.1. The van der Waals surface area contributed by atoms with Gasteiger partial charge < -0.3 is 15.0 Å². The summed E-state index contributed by atoms with van der Waals surface area (Å²) in [5.74, 6) is 0.809. The van der Waals surface area contributed by atoms with Gasteiger partial charge in [-0.15, -0.1) is 0 Å². The largest absolute Gasteiger partial charge is 0.492 e. The van der Waals surface area contributed by atoms with E-state index in [1.54, 1.807) is 24.3 Å². The van der Waals surface area contributed by atoms with Crippen molar-refractivity contribution in [3.05, 3.63) is 65.2 Å². The number of benzene rings is 2. The number of hydrogen-bond acceptors (Lipinski definition) is 4. The first kappa shape index (κ1) is 23.1. The van der Waals surface area contributed by atoms with Crippen LogP contribution in [-0.4, -0.2) is 67.5 Å². The predicted molar refractivity (Wildman–Crippen MR) is 122 cm³/mol. The number of nitrogens with one attached hydrogen (secondary N) is 1. The first-order valence-electron chi connectivity index (χ1n) is 10.6. The van der Waals surface area contributed by atoms with Crippen LogP contribution in [0.25, 0.3) is 0 Å². The quantitative estimate of drug-likeness (QED) is 0.637. The molecule has 2 aromatic rings. The van der Waals surface area contributed by atoms with Crippen LogP contribution < -0.4 is 10.1 Å². The van der Waals surface area contributed by atoms with Gasteiger partial charge in [0.25, 0.3) is 0 Å². The zero-order valence-corrected chi connectivity index (χ0v) is 18.9. The van der Waals surface area contributed by atoms with Gasteiger partial charge in [0.2, 0.25) is 11.8 Å². The molecule has 3 rings (SSSR count). The van der Waals surface area contributed by atoms with Crippen LogP contribution >= 0.6 is 11.6 Å². The predicted octanol–water partition coefficient (Wildman–Crippen LogP) is 2.96. The van der Waals surface area contributed by atoms with E-state index in [0.29, 0.717) is 50.9 Å². The maximum atomic E-state index is 13.1. The third kappa shape index (κ3) is 6.45. The summed E-state index contributed by atoms with van der Waals surface area (Å²) in [5.41, 5.74) is 0.452. The summed E-state index contributed by atoms with van der Waals surface area (Å²) in [4.78, 5) is 29.3. The first-order chi connectivity index (χ1) is 14.9. The second-order valence-corrected chi connectivity index (χ2v) is 8.65. The van der Waals surface area contributed by atoms with Gasteiger partial charge in [-0.1, -0.05) is 41.9 Å². The van der Waals surface area contributed by atoms with Crippen LogP contribution in [0.4, 0.5) is 0 Å². The van der Waals surface area contributed by atoms with E-state index in [-0.39, 0.29) is 11.8 Å². The molecule has 166 valence electrons. The highest BCUT2D eigenvalue weighted by Gasteiger charge is 2.35. The summed E-state index contributed by atoms with van der Waals surface area (Å²) < 4.78 is 5.58. The SMILES string of the molecule is CC(C)(C(=O)N1CCN(CC(=O)NCCOc2ccc(Cl)cc2)CC1)c1ccccc1. The van der Waals surface area contributed by atoms with Crippen molar-refractivity contribution in [3.8, 4) is 5.75 Å². The van der Waals surface area contributed by atoms with Crippen molar-refractivity contribution in [3.63, 3.8) is 0 Å². The van der Waals surface area contributed by atoms with Crippen LogP contribution in [0.2, 0.25) is 5.02 Å². The Morgan fingerprint density at radius 1 is 1.00 bits per heavy atom. The Labute approximate surface area is 189 Å². The molecule has 0 saturated carbocycles. The monoisotopic (exact) mass is 443 g/mol. The van der Waals surface area contributed by atoms with Gasteiger partial charge in [0.15, 0.2) is 0 Å². The van der Waals surface area contributed by atoms with Crippen molar-refractivity contribution in [2.24, 2.45) is 0 Å². The molecule has 1 N–H and O–H groups in total. The molecule has 0 atom stereocenters. The Morgan fingerprint density at radius 2 is 1.65 bits per heavy atom. The van der Waals surface area contributed by atoms with Crippen LogP contribution in [0.1, 0.15) is 19.4 Å². The Morgan fingerprint density at radius 3 is 2.29 bits per heavy atom. The highest BCUT2D eigenvalue weighted by atomic mass is 35.5. The summed E-state index contributed by atoms with van der Waals surface area (Å²) >= 11 is 5.84. The molecule has 0 spiro atoms. The van der Waals surface area contributed by atoms with E-state index < -0.39 is 5.41 Å². The highest BCUT2D eigenvalue weighted by molar-refractivity contribution is 6.30. The van der Waals surface area contributed by atoms with Gasteiger partial charge in [0.1, 0.15) is 12.4 Å². The van der Waals surface area contributed by atoms with Crippen LogP contribution in [0, 0.1) is 0 Å². The summed E-state index contributed by atoms with van der Waals surface area (Å²) in [7, 11) is 0. The lowest BCUT2D eigenvalue weighted by molar-refractivity contribution is -0.138. The van der Waals surface area contributed by atoms with Gasteiger partial charge >= 0.3 is 0 Å². The summed E-state index contributed by atoms with van der Waals surface area (Å²) in [6.45, 7) is 7.72. The number of carbonyl (C=O) groups excluding carboxylic acids is 2. The van der Waals surface area contributed by atoms with Gasteiger partial charge in [-0.2, -0.15) is 0 Å². The molecule has 1 heterocycles. The lowest BCUT2D eigenvalue weighted by atomic mass is 9.83. The summed E-state index contributed by atoms with van der Waals surface area (Å²) in [6.07, 6.45) is 0. The van der Waals surface area contributed by atoms with Crippen LogP contribution in [0.15, 0.2) is 54.6 Å². The number of amides is 2. The van der Waals surface area contributed by atoms with Gasteiger partial charge in [0.05, 0.1) is 18.5 Å². The van der Waals surface area contributed by atoms with Crippen LogP contribution in [0.3, 0.4) is 0 Å². The van der Waals surface area contributed by atoms with E-state index in [1.165, 1.54) is 0 Å². The molecule has 2 aromatic carbocycles. The number of carbonyl (C=O) groups is 2. The molecule has 1 aliphatic rings. The molecule has 1 aliphatic heterocycles. The molecule has 1 saturated heterocycles. The van der Waals surface area contributed by atoms with Crippen molar-refractivity contribution >= 4 is 23.4 Å². The smallest absolute Gasteiger partial charge is 0.234 e. The average molecular weight is 444 g/mol. The van der Waals surface area contributed by atoms with E-state index in [1.807, 2.05) is 49.1 Å². The fraction of sp³-hybridized carbons (Fsp3) is 0.417. The lowest BCUT2D eigenvalue weighted by Gasteiger charge is -2.38. The minimum atomic E-state index is -0.565. The first-order valence-corrected chi connectivity index (χ1v) is 11.0. The molecule has 1 fully saturated rings. The molecule has 2 amide bonds. The molecular formula is C24H30ClN3O3. The molecule has 0 unspecified atom stereocenters. The van der Waals surface area contributed by atoms with Crippen LogP contribution in [-0.2, 0) is 15.0 Å². The molecule has 0 bridgehead atoms. The highest BCUT2D eigenvalue weighted by Crippen LogP contribution is 2.26. The average Bonchev–Trinajstić information content (AvgIpc) is 2.78. The molecule has 7 heteroatoms. The minimum absolute atomic E-state index is 0.0379. The fourth-order valence-corrected chi connectivity index (χ4v) is 3.76. The van der Waals surface area contributed by atoms with E-state index in [0.717, 1.165) is 11.3 Å². The maximum Gasteiger partial charge on any atom is 0.234 e. The van der Waals surface area contributed by atoms with Gasteiger partial charge in [0, 0.05) is 31.2 Å². The zero-order valence-electron chi connectivity index (χ0n) is 18.1. The number of rotatable bonds is 8. The molecule has 0 radical (unpaired) electrons. The minimum Gasteiger partial charge on any atom is -0.492 e. The number of ether oxygens (including phenoxy) is 1. The van der Waals surface area contributed by atoms with Crippen molar-refractivity contribution in [1.82, 2.24) is 15.1 Å². The van der Waals surface area contributed by atoms with Crippen molar-refractivity contribution < 1.29 is 14.3 Å². The lowest BCUT2D eigenvalue weighted by Crippen LogP contribution is -2.54. The molecule has 0 aromatic heterocycles. The molecule has 0 aliphatic carbocycles. The standard InChI is InChI=1S/C24H30ClN3O3/c1-24(2,19-6-4-3-5-7-19)23(30)28-15-13-27(14-16-28)18-22(29)26-12-17-31-21-10-8-20(25)9-11-21/h3-11H,12-18H2,1-2H3,(H,26,29). The van der Waals surface area contributed by atoms with Gasteiger partial charge in [-0.05, 0) is 43.7 Å². The van der Waals surface area contributed by atoms with E-state index in [9.17, 15) is 9.59 Å². The van der Waals surface area contributed by atoms with E-state index in [4.69, 9.17) is 16.3 Å². The molecule has 6 nitrogen and oxygen atoms in total. The summed E-state index contributed by atoms with van der Waals surface area (Å²) in [6, 6.07) is 17.0. The number of hydrogen-bond donors (Lipinski definition) is 1. The van der Waals surface area contributed by atoms with Gasteiger partial charge in [-0.3, -0.25) is 14.5 Å². The fourth-order valence-electron chi connectivity index (χ4n) is 3.63. The van der Waals surface area contributed by atoms with Crippen LogP contribution in [0.5, 0.6) is 5.75 Å². The Kier molecular flexibility index (Phi) is 7.93. The molecular weight excluding hydrogens is 414 g/mol. The zero-order chi connectivity index (χ0) is 22.3. The second kappa shape index (κ2) is 10.6. The number of piperazine rings is 1. The van der Waals surface area contributed by atoms with E-state index >= 15 is 0 Å². The van der Waals surface area contributed by atoms with Crippen molar-refractivity contribution in [2.45, 2.75) is 19.3 Å². The Bertz CT molecular complexity index is 863. The van der Waals surface area contributed by atoms with Crippen molar-refractivity contribution in [2.75, 3.05) is 45.9 Å². The van der Waals surface area contributed by atoms with E-state index in [2.05, 4.69) is 10.2 Å². The third-order valence-electron chi connectivity index (χ3n) is 5.56. The van der Waals surface area contributed by atoms with Crippen molar-refractivity contribution in [1.29, 1.82) is 0 Å². The number of halogens is 1. The Hall–Kier alpha value is -2.57. The normalized spacial score (nSPS) is 14.9. The topological polar surface area (TPSA) is 61.9 Å². The summed E-state index contributed by atoms with van der Waals surface area (Å²) in [5, 5.41) is 3.54. The van der Waals surface area contributed by atoms with Gasteiger partial charge in [-0.25, -0.2) is 0 Å². The third-order valence-corrected chi connectivity index (χ3v) is 5.82. The molecule has 31 heavy (non-hydrogen) atoms.